The highest BCUT2D eigenvalue weighted by molar-refractivity contribution is 5.05. The van der Waals surface area contributed by atoms with E-state index >= 15 is 0 Å². The van der Waals surface area contributed by atoms with Gasteiger partial charge in [0.1, 0.15) is 0 Å². The summed E-state index contributed by atoms with van der Waals surface area (Å²) in [6.07, 6.45) is 4.74. The zero-order valence-electron chi connectivity index (χ0n) is 7.09. The highest BCUT2D eigenvalue weighted by Crippen LogP contribution is 2.18. The summed E-state index contributed by atoms with van der Waals surface area (Å²) < 4.78 is 0. The molecule has 3 nitrogen and oxygen atoms in total. The van der Waals surface area contributed by atoms with Gasteiger partial charge in [-0.1, -0.05) is 13.8 Å². The topological polar surface area (TPSA) is 54.7 Å². The number of rotatable bonds is 3. The van der Waals surface area contributed by atoms with E-state index in [0.717, 1.165) is 6.42 Å². The van der Waals surface area contributed by atoms with Crippen LogP contribution < -0.4 is 5.73 Å². The second kappa shape index (κ2) is 3.05. The number of aromatic amines is 1. The van der Waals surface area contributed by atoms with Gasteiger partial charge in [0, 0.05) is 6.20 Å². The van der Waals surface area contributed by atoms with Crippen LogP contribution in [0.15, 0.2) is 12.4 Å². The minimum absolute atomic E-state index is 0.184. The van der Waals surface area contributed by atoms with Crippen LogP contribution in [-0.4, -0.2) is 16.7 Å². The first-order chi connectivity index (χ1) is 5.14. The number of nitrogens with one attached hydrogen (secondary N) is 1. The number of hydrogen-bond donors (Lipinski definition) is 2. The molecule has 1 aromatic rings. The third kappa shape index (κ3) is 2.35. The van der Waals surface area contributed by atoms with Crippen molar-refractivity contribution in [3.8, 4) is 0 Å². The molecule has 11 heavy (non-hydrogen) atoms. The van der Waals surface area contributed by atoms with Gasteiger partial charge in [0.05, 0.1) is 6.20 Å². The van der Waals surface area contributed by atoms with Gasteiger partial charge in [0.2, 0.25) is 0 Å². The molecule has 0 atom stereocenters. The highest BCUT2D eigenvalue weighted by atomic mass is 15.1. The first-order valence-corrected chi connectivity index (χ1v) is 3.82. The Kier molecular flexibility index (Phi) is 2.29. The molecule has 0 saturated carbocycles. The minimum atomic E-state index is 0.184. The van der Waals surface area contributed by atoms with Gasteiger partial charge in [0.15, 0.2) is 0 Å². The third-order valence-electron chi connectivity index (χ3n) is 1.79. The van der Waals surface area contributed by atoms with E-state index in [0.29, 0.717) is 6.54 Å². The Hall–Kier alpha value is -0.830. The molecule has 3 N–H and O–H groups in total. The quantitative estimate of drug-likeness (QED) is 0.679. The number of nitrogens with zero attached hydrogens (tertiary/aromatic N) is 1. The fourth-order valence-corrected chi connectivity index (χ4v) is 0.999. The molecule has 0 aliphatic rings. The van der Waals surface area contributed by atoms with Gasteiger partial charge in [-0.3, -0.25) is 5.10 Å². The molecule has 0 radical (unpaired) electrons. The molecule has 1 rings (SSSR count). The predicted octanol–water partition coefficient (Wildman–Crippen LogP) is 0.937. The number of nitrogens with two attached hydrogens (primary N) is 1. The summed E-state index contributed by atoms with van der Waals surface area (Å²) in [4.78, 5) is 0. The Morgan fingerprint density at radius 2 is 2.36 bits per heavy atom. The van der Waals surface area contributed by atoms with Gasteiger partial charge >= 0.3 is 0 Å². The fourth-order valence-electron chi connectivity index (χ4n) is 0.999. The van der Waals surface area contributed by atoms with Gasteiger partial charge in [-0.2, -0.15) is 5.10 Å². The molecular weight excluding hydrogens is 138 g/mol. The van der Waals surface area contributed by atoms with E-state index < -0.39 is 0 Å². The summed E-state index contributed by atoms with van der Waals surface area (Å²) in [6, 6.07) is 0. The number of aromatic nitrogens is 2. The van der Waals surface area contributed by atoms with Crippen molar-refractivity contribution in [2.45, 2.75) is 20.3 Å². The molecular formula is C8H15N3. The highest BCUT2D eigenvalue weighted by Gasteiger charge is 2.16. The Balaban J connectivity index is 2.56. The van der Waals surface area contributed by atoms with Crippen LogP contribution in [0, 0.1) is 5.41 Å². The first-order valence-electron chi connectivity index (χ1n) is 3.82. The molecule has 1 heterocycles. The molecule has 0 saturated heterocycles. The Labute approximate surface area is 67.0 Å². The van der Waals surface area contributed by atoms with Gasteiger partial charge in [-0.15, -0.1) is 0 Å². The lowest BCUT2D eigenvalue weighted by atomic mass is 9.87. The maximum atomic E-state index is 5.59. The molecule has 3 heteroatoms. The van der Waals surface area contributed by atoms with Crippen molar-refractivity contribution >= 4 is 0 Å². The molecule has 1 aromatic heterocycles. The maximum absolute atomic E-state index is 5.59. The van der Waals surface area contributed by atoms with Crippen LogP contribution in [0.1, 0.15) is 19.4 Å². The van der Waals surface area contributed by atoms with Crippen LogP contribution in [0.2, 0.25) is 0 Å². The molecule has 0 fully saturated rings. The minimum Gasteiger partial charge on any atom is -0.330 e. The lowest BCUT2D eigenvalue weighted by Crippen LogP contribution is -2.25. The van der Waals surface area contributed by atoms with Gasteiger partial charge in [-0.05, 0) is 23.9 Å². The van der Waals surface area contributed by atoms with E-state index in [4.69, 9.17) is 5.73 Å². The second-order valence-electron chi connectivity index (χ2n) is 3.65. The van der Waals surface area contributed by atoms with E-state index in [1.807, 2.05) is 12.4 Å². The average Bonchev–Trinajstić information content (AvgIpc) is 2.39. The maximum Gasteiger partial charge on any atom is 0.0519 e. The van der Waals surface area contributed by atoms with Crippen molar-refractivity contribution in [3.63, 3.8) is 0 Å². The second-order valence-corrected chi connectivity index (χ2v) is 3.65. The molecule has 0 spiro atoms. The fraction of sp³-hybridized carbons (Fsp3) is 0.625. The largest absolute Gasteiger partial charge is 0.330 e. The van der Waals surface area contributed by atoms with Crippen LogP contribution >= 0.6 is 0 Å². The summed E-state index contributed by atoms with van der Waals surface area (Å²) in [5.74, 6) is 0. The van der Waals surface area contributed by atoms with E-state index in [9.17, 15) is 0 Å². The Morgan fingerprint density at radius 3 is 2.82 bits per heavy atom. The van der Waals surface area contributed by atoms with Gasteiger partial charge in [-0.25, -0.2) is 0 Å². The van der Waals surface area contributed by atoms with Crippen molar-refractivity contribution in [2.24, 2.45) is 11.1 Å². The van der Waals surface area contributed by atoms with Gasteiger partial charge < -0.3 is 5.73 Å². The zero-order chi connectivity index (χ0) is 8.32. The van der Waals surface area contributed by atoms with Crippen LogP contribution in [-0.2, 0) is 6.42 Å². The van der Waals surface area contributed by atoms with Crippen molar-refractivity contribution in [2.75, 3.05) is 6.54 Å². The molecule has 0 unspecified atom stereocenters. The molecule has 0 aliphatic carbocycles. The summed E-state index contributed by atoms with van der Waals surface area (Å²) in [5.41, 5.74) is 7.00. The van der Waals surface area contributed by atoms with Crippen LogP contribution in [0.25, 0.3) is 0 Å². The Bertz CT molecular complexity index is 201. The Morgan fingerprint density at radius 1 is 1.64 bits per heavy atom. The smallest absolute Gasteiger partial charge is 0.0519 e. The standard InChI is InChI=1S/C8H15N3/c1-8(2,6-9)3-7-4-10-11-5-7/h4-5H,3,6,9H2,1-2H3,(H,10,11). The molecule has 0 amide bonds. The van der Waals surface area contributed by atoms with Crippen molar-refractivity contribution in [1.29, 1.82) is 0 Å². The van der Waals surface area contributed by atoms with Crippen LogP contribution in [0.5, 0.6) is 0 Å². The monoisotopic (exact) mass is 153 g/mol. The summed E-state index contributed by atoms with van der Waals surface area (Å²) in [6.45, 7) is 5.01. The first kappa shape index (κ1) is 8.27. The molecule has 0 aromatic carbocycles. The summed E-state index contributed by atoms with van der Waals surface area (Å²) in [5, 5.41) is 6.66. The SMILES string of the molecule is CC(C)(CN)Cc1cn[nH]c1. The summed E-state index contributed by atoms with van der Waals surface area (Å²) in [7, 11) is 0. The molecule has 0 aliphatic heterocycles. The number of H-pyrrole nitrogens is 1. The van der Waals surface area contributed by atoms with E-state index in [1.165, 1.54) is 5.56 Å². The van der Waals surface area contributed by atoms with E-state index in [1.54, 1.807) is 0 Å². The van der Waals surface area contributed by atoms with Crippen molar-refractivity contribution < 1.29 is 0 Å². The van der Waals surface area contributed by atoms with Gasteiger partial charge in [0.25, 0.3) is 0 Å². The van der Waals surface area contributed by atoms with E-state index in [-0.39, 0.29) is 5.41 Å². The van der Waals surface area contributed by atoms with Crippen LogP contribution in [0.4, 0.5) is 0 Å². The lowest BCUT2D eigenvalue weighted by molar-refractivity contribution is 0.377. The van der Waals surface area contributed by atoms with Crippen LogP contribution in [0.3, 0.4) is 0 Å². The molecule has 62 valence electrons. The lowest BCUT2D eigenvalue weighted by Gasteiger charge is -2.20. The third-order valence-corrected chi connectivity index (χ3v) is 1.79. The van der Waals surface area contributed by atoms with E-state index in [2.05, 4.69) is 24.0 Å². The predicted molar refractivity (Wildman–Crippen MR) is 45.1 cm³/mol. The normalized spacial score (nSPS) is 11.9. The molecule has 0 bridgehead atoms. The number of hydrogen-bond acceptors (Lipinski definition) is 2. The zero-order valence-corrected chi connectivity index (χ0v) is 7.09. The summed E-state index contributed by atoms with van der Waals surface area (Å²) >= 11 is 0. The van der Waals surface area contributed by atoms with Crippen molar-refractivity contribution in [3.05, 3.63) is 18.0 Å². The van der Waals surface area contributed by atoms with Crippen molar-refractivity contribution in [1.82, 2.24) is 10.2 Å². The average molecular weight is 153 g/mol.